The SMILES string of the molecule is Cc1c(F)cccc1-c1ccc2nc(N(C(=O)OC(C)(C)C)C(=O)OC(C)(C)C)c(C(=O)[C@@H]3C[C@@H]3F)n2c1.Cc1c(F)cccc1-c1ccc2nc(N)c(C(=O)[C@@H]3C[C@@H]3F)n2c1.Cc1c(F)cccc1-c1ccc2nc(NC(=O)OC(C)(C)C)c(C(=O)[C@@H]3C[C@@H]3F)n2c1. The van der Waals surface area contributed by atoms with Crippen molar-refractivity contribution in [1.29, 1.82) is 0 Å². The molecule has 24 heteroatoms. The molecule has 6 heterocycles. The van der Waals surface area contributed by atoms with Gasteiger partial charge < -0.3 is 19.9 Å². The quantitative estimate of drug-likeness (QED) is 0.0699. The lowest BCUT2D eigenvalue weighted by atomic mass is 10.0. The number of ether oxygens (including phenoxy) is 3. The minimum Gasteiger partial charge on any atom is -0.444 e. The molecule has 0 unspecified atom stereocenters. The van der Waals surface area contributed by atoms with Gasteiger partial charge in [-0.15, -0.1) is 0 Å². The van der Waals surface area contributed by atoms with E-state index in [4.69, 9.17) is 19.9 Å². The number of Topliss-reactive ketones (excluding diaryl/α,β-unsaturated/α-hetero) is 3. The fourth-order valence-corrected chi connectivity index (χ4v) is 10.4. The lowest BCUT2D eigenvalue weighted by Crippen LogP contribution is -2.44. The van der Waals surface area contributed by atoms with E-state index in [1.165, 1.54) is 27.0 Å². The average Bonchev–Trinajstić information content (AvgIpc) is 1.62. The van der Waals surface area contributed by atoms with Crippen molar-refractivity contribution in [3.8, 4) is 33.4 Å². The zero-order valence-corrected chi connectivity index (χ0v) is 53.1. The van der Waals surface area contributed by atoms with Gasteiger partial charge in [-0.05, 0) is 207 Å². The number of amides is 3. The molecule has 3 saturated carbocycles. The molecule has 9 aromatic rings. The summed E-state index contributed by atoms with van der Waals surface area (Å²) in [5, 5.41) is 2.52. The summed E-state index contributed by atoms with van der Waals surface area (Å²) in [7, 11) is 0. The molecular weight excluding hydrogens is 1210 g/mol. The van der Waals surface area contributed by atoms with Crippen LogP contribution >= 0.6 is 0 Å². The van der Waals surface area contributed by atoms with Gasteiger partial charge in [-0.2, -0.15) is 4.90 Å². The average molecular weight is 1280 g/mol. The first kappa shape index (κ1) is 66.1. The molecule has 3 fully saturated rings. The molecule has 3 N–H and O–H groups in total. The summed E-state index contributed by atoms with van der Waals surface area (Å²) in [5.41, 5.74) is 9.67. The Bertz CT molecular complexity index is 4470. The third kappa shape index (κ3) is 14.3. The molecule has 6 aromatic heterocycles. The lowest BCUT2D eigenvalue weighted by Gasteiger charge is -2.28. The van der Waals surface area contributed by atoms with Crippen molar-refractivity contribution in [3.63, 3.8) is 0 Å². The Balaban J connectivity index is 0.000000156. The molecule has 0 aliphatic heterocycles. The van der Waals surface area contributed by atoms with E-state index < -0.39 is 88.7 Å². The zero-order valence-electron chi connectivity index (χ0n) is 53.1. The van der Waals surface area contributed by atoms with Crippen molar-refractivity contribution in [2.45, 2.75) is 138 Å². The fraction of sp³-hybridized carbons (Fsp3) is 0.348. The summed E-state index contributed by atoms with van der Waals surface area (Å²) in [5.74, 6) is -5.01. The van der Waals surface area contributed by atoms with Crippen LogP contribution in [-0.4, -0.2) is 99.1 Å². The minimum atomic E-state index is -1.34. The van der Waals surface area contributed by atoms with Crippen LogP contribution in [0.25, 0.3) is 50.3 Å². The van der Waals surface area contributed by atoms with Gasteiger partial charge in [-0.1, -0.05) is 36.4 Å². The number of nitrogens with one attached hydrogen (secondary N) is 1. The maximum Gasteiger partial charge on any atom is 0.425 e. The highest BCUT2D eigenvalue weighted by Gasteiger charge is 2.49. The highest BCUT2D eigenvalue weighted by molar-refractivity contribution is 6.14. The number of nitrogen functional groups attached to an aromatic ring is 1. The molecule has 0 radical (unpaired) electrons. The van der Waals surface area contributed by atoms with Gasteiger partial charge in [0.05, 0.1) is 17.8 Å². The van der Waals surface area contributed by atoms with Crippen LogP contribution in [-0.2, 0) is 14.2 Å². The number of imide groups is 1. The Morgan fingerprint density at radius 2 is 0.817 bits per heavy atom. The number of halogens is 6. The predicted octanol–water partition coefficient (Wildman–Crippen LogP) is 15.6. The number of nitrogens with zero attached hydrogens (tertiary/aromatic N) is 7. The molecule has 93 heavy (non-hydrogen) atoms. The number of aromatic nitrogens is 6. The first-order chi connectivity index (χ1) is 43.6. The van der Waals surface area contributed by atoms with Gasteiger partial charge in [0.1, 0.15) is 86.8 Å². The van der Waals surface area contributed by atoms with Crippen molar-refractivity contribution in [3.05, 3.63) is 161 Å². The lowest BCUT2D eigenvalue weighted by molar-refractivity contribution is 0.0427. The van der Waals surface area contributed by atoms with Crippen LogP contribution in [0.3, 0.4) is 0 Å². The normalized spacial score (nSPS) is 18.2. The highest BCUT2D eigenvalue weighted by atomic mass is 19.2. The highest BCUT2D eigenvalue weighted by Crippen LogP contribution is 2.42. The molecule has 3 amide bonds. The maximum atomic E-state index is 14.3. The van der Waals surface area contributed by atoms with Gasteiger partial charge in [-0.3, -0.25) is 32.9 Å². The Labute approximate surface area is 531 Å². The molecule has 18 nitrogen and oxygen atoms in total. The summed E-state index contributed by atoms with van der Waals surface area (Å²) in [4.78, 5) is 91.3. The number of imidazole rings is 3. The second kappa shape index (κ2) is 25.0. The van der Waals surface area contributed by atoms with Crippen molar-refractivity contribution in [1.82, 2.24) is 28.2 Å². The molecule has 0 bridgehead atoms. The Morgan fingerprint density at radius 3 is 1.19 bits per heavy atom. The molecular formula is C69H69F6N9O9. The number of carbonyl (C=O) groups is 6. The van der Waals surface area contributed by atoms with Crippen LogP contribution in [0.4, 0.5) is 58.2 Å². The van der Waals surface area contributed by atoms with Gasteiger partial charge in [0, 0.05) is 18.6 Å². The molecule has 0 saturated heterocycles. The topological polar surface area (TPSA) is 223 Å². The van der Waals surface area contributed by atoms with Crippen molar-refractivity contribution in [2.24, 2.45) is 17.8 Å². The zero-order chi connectivity index (χ0) is 67.7. The first-order valence-corrected chi connectivity index (χ1v) is 30.0. The first-order valence-electron chi connectivity index (χ1n) is 30.0. The minimum absolute atomic E-state index is 0.00599. The second-order valence-corrected chi connectivity index (χ2v) is 26.2. The van der Waals surface area contributed by atoms with Crippen LogP contribution < -0.4 is 16.0 Å². The third-order valence-corrected chi connectivity index (χ3v) is 15.4. The number of hydrogen-bond acceptors (Lipinski definition) is 13. The summed E-state index contributed by atoms with van der Waals surface area (Å²) in [6.07, 6.45) is -1.32. The van der Waals surface area contributed by atoms with Crippen LogP contribution in [0.5, 0.6) is 0 Å². The summed E-state index contributed by atoms with van der Waals surface area (Å²) >= 11 is 0. The summed E-state index contributed by atoms with van der Waals surface area (Å²) in [6, 6.07) is 24.4. The van der Waals surface area contributed by atoms with Gasteiger partial charge >= 0.3 is 18.3 Å². The number of alkyl halides is 3. The molecule has 3 aliphatic rings. The number of anilines is 3. The van der Waals surface area contributed by atoms with Crippen LogP contribution in [0.1, 0.15) is 130 Å². The molecule has 3 aliphatic carbocycles. The van der Waals surface area contributed by atoms with Crippen molar-refractivity contribution < 1.29 is 69.3 Å². The van der Waals surface area contributed by atoms with Crippen LogP contribution in [0, 0.1) is 56.0 Å². The van der Waals surface area contributed by atoms with Gasteiger partial charge in [-0.25, -0.2) is 55.7 Å². The largest absolute Gasteiger partial charge is 0.444 e. The summed E-state index contributed by atoms with van der Waals surface area (Å²) < 4.78 is 104. The molecule has 12 rings (SSSR count). The van der Waals surface area contributed by atoms with Gasteiger partial charge in [0.25, 0.3) is 0 Å². The second-order valence-electron chi connectivity index (χ2n) is 26.2. The van der Waals surface area contributed by atoms with Crippen molar-refractivity contribution >= 4 is 70.0 Å². The number of nitrogens with two attached hydrogens (primary N) is 1. The smallest absolute Gasteiger partial charge is 0.425 e. The fourth-order valence-electron chi connectivity index (χ4n) is 10.4. The van der Waals surface area contributed by atoms with Gasteiger partial charge in [0.15, 0.2) is 34.8 Å². The number of ketones is 3. The number of hydrogen-bond donors (Lipinski definition) is 2. The van der Waals surface area contributed by atoms with Crippen LogP contribution in [0.2, 0.25) is 0 Å². The molecule has 6 atom stereocenters. The van der Waals surface area contributed by atoms with E-state index >= 15 is 0 Å². The predicted molar refractivity (Wildman–Crippen MR) is 337 cm³/mol. The third-order valence-electron chi connectivity index (χ3n) is 15.4. The monoisotopic (exact) mass is 1280 g/mol. The van der Waals surface area contributed by atoms with E-state index in [1.54, 1.807) is 179 Å². The Kier molecular flexibility index (Phi) is 17.7. The number of carbonyl (C=O) groups excluding carboxylic acids is 6. The number of benzene rings is 3. The van der Waals surface area contributed by atoms with E-state index in [9.17, 15) is 55.1 Å². The van der Waals surface area contributed by atoms with E-state index in [0.717, 1.165) is 11.1 Å². The van der Waals surface area contributed by atoms with E-state index in [1.807, 2.05) is 0 Å². The van der Waals surface area contributed by atoms with E-state index in [2.05, 4.69) is 20.3 Å². The summed E-state index contributed by atoms with van der Waals surface area (Å²) in [6.45, 7) is 19.9. The number of pyridine rings is 3. The molecule has 0 spiro atoms. The van der Waals surface area contributed by atoms with E-state index in [0.29, 0.717) is 55.1 Å². The standard InChI is InChI=1S/C28H31F2N3O5.C23H23F2N3O3.C18H15F2N3O/c1-15-17(9-8-10-19(15)29)16-11-12-21-31-24(22(32(21)14-16)23(34)18-13-20(18)30)33(25(35)37-27(2,3)4)26(36)38-28(5,6)7;1-12-14(6-5-7-16(12)24)13-8-9-18-26-21(27-22(30)31-23(2,3)4)19(28(18)11-13)20(29)15-10-17(15)25;1-9-11(3-2-4-13(9)19)10-5-6-15-22-18(21)16(23(15)8-10)17(24)12-7-14(12)20/h8-12,14,18,20H,13H2,1-7H3;5-9,11,15,17H,10H2,1-4H3,(H,27,30);2-6,8,12,14H,7,21H2,1H3/t18-,20+;15-,17+;12-,14+/m111/s1. The molecule has 3 aromatic carbocycles. The van der Waals surface area contributed by atoms with Crippen LogP contribution in [0.15, 0.2) is 110 Å². The van der Waals surface area contributed by atoms with E-state index in [-0.39, 0.29) is 76.9 Å². The molecule has 486 valence electrons. The number of fused-ring (bicyclic) bond motifs is 3. The van der Waals surface area contributed by atoms with Gasteiger partial charge in [0.2, 0.25) is 0 Å². The Morgan fingerprint density at radius 1 is 0.484 bits per heavy atom. The number of rotatable bonds is 11. The maximum absolute atomic E-state index is 14.3. The van der Waals surface area contributed by atoms with Crippen molar-refractivity contribution in [2.75, 3.05) is 16.0 Å². The Hall–Kier alpha value is -9.87.